The van der Waals surface area contributed by atoms with Gasteiger partial charge in [-0.15, -0.1) is 0 Å². The fourth-order valence-electron chi connectivity index (χ4n) is 2.78. The normalized spacial score (nSPS) is 31.6. The second-order valence-electron chi connectivity index (χ2n) is 4.83. The number of rotatable bonds is 2. The second kappa shape index (κ2) is 3.84. The number of carbonyl (C=O) groups is 1. The van der Waals surface area contributed by atoms with E-state index >= 15 is 0 Å². The summed E-state index contributed by atoms with van der Waals surface area (Å²) in [6.45, 7) is 7.18. The average molecular weight is 206 g/mol. The van der Waals surface area contributed by atoms with E-state index in [0.29, 0.717) is 11.5 Å². The van der Waals surface area contributed by atoms with Gasteiger partial charge in [0.25, 0.3) is 0 Å². The number of carbonyl (C=O) groups excluding carboxylic acids is 1. The maximum absolute atomic E-state index is 11.4. The van der Waals surface area contributed by atoms with Gasteiger partial charge in [0, 0.05) is 5.57 Å². The van der Waals surface area contributed by atoms with E-state index < -0.39 is 0 Å². The van der Waals surface area contributed by atoms with Crippen LogP contribution in [0.1, 0.15) is 39.5 Å². The molecule has 0 radical (unpaired) electrons. The van der Waals surface area contributed by atoms with Gasteiger partial charge in [-0.3, -0.25) is 0 Å². The van der Waals surface area contributed by atoms with Crippen LogP contribution in [0.25, 0.3) is 0 Å². The van der Waals surface area contributed by atoms with Gasteiger partial charge in [0.15, 0.2) is 0 Å². The van der Waals surface area contributed by atoms with Crippen LogP contribution in [0.3, 0.4) is 0 Å². The molecule has 0 saturated heterocycles. The molecule has 2 aliphatic carbocycles. The Labute approximate surface area is 91.0 Å². The van der Waals surface area contributed by atoms with Crippen molar-refractivity contribution in [2.24, 2.45) is 11.8 Å². The Kier molecular flexibility index (Phi) is 2.68. The van der Waals surface area contributed by atoms with Crippen LogP contribution in [0.2, 0.25) is 0 Å². The van der Waals surface area contributed by atoms with Crippen molar-refractivity contribution in [3.05, 3.63) is 23.5 Å². The quantitative estimate of drug-likeness (QED) is 0.394. The largest absolute Gasteiger partial charge is 0.428 e. The highest BCUT2D eigenvalue weighted by molar-refractivity contribution is 5.87. The summed E-state index contributed by atoms with van der Waals surface area (Å²) in [5.74, 6) is 2.08. The van der Waals surface area contributed by atoms with Crippen LogP contribution in [-0.2, 0) is 9.53 Å². The Balaban J connectivity index is 2.06. The van der Waals surface area contributed by atoms with Gasteiger partial charge in [0.05, 0.1) is 0 Å². The summed E-state index contributed by atoms with van der Waals surface area (Å²) in [5.41, 5.74) is 1.85. The Morgan fingerprint density at radius 1 is 1.40 bits per heavy atom. The molecule has 0 amide bonds. The molecule has 0 N–H and O–H groups in total. The van der Waals surface area contributed by atoms with Crippen molar-refractivity contribution in [1.82, 2.24) is 0 Å². The fourth-order valence-corrected chi connectivity index (χ4v) is 2.78. The molecule has 0 aromatic rings. The van der Waals surface area contributed by atoms with Crippen LogP contribution >= 0.6 is 0 Å². The molecule has 2 unspecified atom stereocenters. The SMILES string of the molecule is C=C(C)C(=O)OC(C)=C1CC2CCC1C2. The van der Waals surface area contributed by atoms with E-state index in [0.717, 1.165) is 18.1 Å². The van der Waals surface area contributed by atoms with Crippen molar-refractivity contribution in [3.8, 4) is 0 Å². The standard InChI is InChI=1S/C13H18O2/c1-8(2)13(14)15-9(3)12-7-10-4-5-11(12)6-10/h10-11H,1,4-7H2,2-3H3. The van der Waals surface area contributed by atoms with Crippen LogP contribution in [-0.4, -0.2) is 5.97 Å². The van der Waals surface area contributed by atoms with Crippen LogP contribution in [0, 0.1) is 11.8 Å². The first-order valence-corrected chi connectivity index (χ1v) is 5.65. The van der Waals surface area contributed by atoms with Gasteiger partial charge in [0.1, 0.15) is 5.76 Å². The van der Waals surface area contributed by atoms with Gasteiger partial charge in [0.2, 0.25) is 0 Å². The smallest absolute Gasteiger partial charge is 0.338 e. The minimum atomic E-state index is -0.289. The highest BCUT2D eigenvalue weighted by Gasteiger charge is 2.37. The minimum Gasteiger partial charge on any atom is -0.428 e. The molecule has 82 valence electrons. The lowest BCUT2D eigenvalue weighted by Crippen LogP contribution is -2.08. The summed E-state index contributed by atoms with van der Waals surface area (Å²) in [7, 11) is 0. The molecule has 2 nitrogen and oxygen atoms in total. The zero-order chi connectivity index (χ0) is 11.0. The Morgan fingerprint density at radius 2 is 2.13 bits per heavy atom. The third-order valence-electron chi connectivity index (χ3n) is 3.59. The number of hydrogen-bond acceptors (Lipinski definition) is 2. The first-order valence-electron chi connectivity index (χ1n) is 5.65. The van der Waals surface area contributed by atoms with E-state index in [2.05, 4.69) is 6.58 Å². The lowest BCUT2D eigenvalue weighted by Gasteiger charge is -2.16. The molecule has 0 aromatic carbocycles. The topological polar surface area (TPSA) is 26.3 Å². The van der Waals surface area contributed by atoms with Crippen LogP contribution in [0.4, 0.5) is 0 Å². The number of ether oxygens (including phenoxy) is 1. The molecule has 2 heteroatoms. The molecule has 2 bridgehead atoms. The monoisotopic (exact) mass is 206 g/mol. The van der Waals surface area contributed by atoms with Crippen molar-refractivity contribution in [2.75, 3.05) is 0 Å². The fraction of sp³-hybridized carbons (Fsp3) is 0.615. The number of esters is 1. The van der Waals surface area contributed by atoms with Crippen LogP contribution in [0.5, 0.6) is 0 Å². The number of fused-ring (bicyclic) bond motifs is 2. The molecule has 0 aromatic heterocycles. The summed E-state index contributed by atoms with van der Waals surface area (Å²) in [6, 6.07) is 0. The highest BCUT2D eigenvalue weighted by Crippen LogP contribution is 2.49. The van der Waals surface area contributed by atoms with E-state index in [1.54, 1.807) is 6.92 Å². The van der Waals surface area contributed by atoms with Crippen LogP contribution in [0.15, 0.2) is 23.5 Å². The average Bonchev–Trinajstić information content (AvgIpc) is 2.78. The van der Waals surface area contributed by atoms with E-state index in [1.165, 1.54) is 24.8 Å². The number of hydrogen-bond donors (Lipinski definition) is 0. The molecule has 2 saturated carbocycles. The first kappa shape index (κ1) is 10.5. The first-order chi connectivity index (χ1) is 7.08. The Bertz CT molecular complexity index is 338. The zero-order valence-electron chi connectivity index (χ0n) is 9.51. The van der Waals surface area contributed by atoms with Gasteiger partial charge in [-0.2, -0.15) is 0 Å². The van der Waals surface area contributed by atoms with Crippen molar-refractivity contribution in [1.29, 1.82) is 0 Å². The molecule has 0 aliphatic heterocycles. The van der Waals surface area contributed by atoms with Crippen molar-refractivity contribution >= 4 is 5.97 Å². The van der Waals surface area contributed by atoms with Crippen LogP contribution < -0.4 is 0 Å². The summed E-state index contributed by atoms with van der Waals surface area (Å²) >= 11 is 0. The molecule has 2 rings (SSSR count). The van der Waals surface area contributed by atoms with Gasteiger partial charge < -0.3 is 4.74 Å². The van der Waals surface area contributed by atoms with E-state index in [1.807, 2.05) is 6.92 Å². The van der Waals surface area contributed by atoms with E-state index in [-0.39, 0.29) is 5.97 Å². The molecule has 15 heavy (non-hydrogen) atoms. The Hall–Kier alpha value is -1.05. The summed E-state index contributed by atoms with van der Waals surface area (Å²) in [4.78, 5) is 11.4. The van der Waals surface area contributed by atoms with E-state index in [4.69, 9.17) is 4.74 Å². The Morgan fingerprint density at radius 3 is 2.60 bits per heavy atom. The molecule has 0 heterocycles. The predicted octanol–water partition coefficient (Wildman–Crippen LogP) is 3.20. The van der Waals surface area contributed by atoms with Crippen molar-refractivity contribution < 1.29 is 9.53 Å². The highest BCUT2D eigenvalue weighted by atomic mass is 16.5. The number of allylic oxidation sites excluding steroid dienone is 2. The molecule has 2 atom stereocenters. The van der Waals surface area contributed by atoms with Gasteiger partial charge in [-0.25, -0.2) is 4.79 Å². The van der Waals surface area contributed by atoms with Gasteiger partial charge in [-0.05, 0) is 56.9 Å². The lowest BCUT2D eigenvalue weighted by atomic mass is 9.94. The summed E-state index contributed by atoms with van der Waals surface area (Å²) < 4.78 is 5.29. The van der Waals surface area contributed by atoms with Crippen molar-refractivity contribution in [2.45, 2.75) is 39.5 Å². The zero-order valence-corrected chi connectivity index (χ0v) is 9.51. The maximum Gasteiger partial charge on any atom is 0.338 e. The van der Waals surface area contributed by atoms with E-state index in [9.17, 15) is 4.79 Å². The molecular weight excluding hydrogens is 188 g/mol. The third kappa shape index (κ3) is 1.99. The summed E-state index contributed by atoms with van der Waals surface area (Å²) in [6.07, 6.45) is 5.08. The second-order valence-corrected chi connectivity index (χ2v) is 4.83. The maximum atomic E-state index is 11.4. The minimum absolute atomic E-state index is 0.289. The molecule has 2 aliphatic rings. The molecule has 2 fully saturated rings. The third-order valence-corrected chi connectivity index (χ3v) is 3.59. The molecular formula is C13H18O2. The summed E-state index contributed by atoms with van der Waals surface area (Å²) in [5, 5.41) is 0. The van der Waals surface area contributed by atoms with Crippen molar-refractivity contribution in [3.63, 3.8) is 0 Å². The van der Waals surface area contributed by atoms with Gasteiger partial charge >= 0.3 is 5.97 Å². The predicted molar refractivity (Wildman–Crippen MR) is 59.1 cm³/mol. The lowest BCUT2D eigenvalue weighted by molar-refractivity contribution is -0.135. The van der Waals surface area contributed by atoms with Gasteiger partial charge in [-0.1, -0.05) is 6.58 Å². The molecule has 0 spiro atoms.